The van der Waals surface area contributed by atoms with Gasteiger partial charge in [0.2, 0.25) is 17.6 Å². The molecular weight excluding hydrogens is 436 g/mol. The van der Waals surface area contributed by atoms with Gasteiger partial charge in [0.05, 0.1) is 11.6 Å². The quantitative estimate of drug-likeness (QED) is 0.580. The molecule has 0 N–H and O–H groups in total. The predicted molar refractivity (Wildman–Crippen MR) is 124 cm³/mol. The third kappa shape index (κ3) is 4.49. The fourth-order valence-electron chi connectivity index (χ4n) is 4.39. The van der Waals surface area contributed by atoms with Crippen LogP contribution in [0.25, 0.3) is 22.3 Å². The fraction of sp³-hybridized carbons (Fsp3) is 0.542. The van der Waals surface area contributed by atoms with Crippen LogP contribution in [0.2, 0.25) is 0 Å². The van der Waals surface area contributed by atoms with Crippen molar-refractivity contribution in [1.29, 1.82) is 0 Å². The maximum Gasteiger partial charge on any atom is 0.410 e. The minimum absolute atomic E-state index is 0.0960. The van der Waals surface area contributed by atoms with Crippen molar-refractivity contribution in [2.45, 2.75) is 58.1 Å². The van der Waals surface area contributed by atoms with Crippen molar-refractivity contribution in [3.8, 4) is 11.4 Å². The van der Waals surface area contributed by atoms with Gasteiger partial charge in [0.15, 0.2) is 0 Å². The zero-order chi connectivity index (χ0) is 24.0. The number of ether oxygens (including phenoxy) is 1. The van der Waals surface area contributed by atoms with Gasteiger partial charge in [-0.2, -0.15) is 10.1 Å². The highest BCUT2D eigenvalue weighted by atomic mass is 16.6. The van der Waals surface area contributed by atoms with E-state index in [1.807, 2.05) is 49.8 Å². The molecule has 2 aliphatic rings. The van der Waals surface area contributed by atoms with Crippen molar-refractivity contribution in [1.82, 2.24) is 29.7 Å². The van der Waals surface area contributed by atoms with E-state index in [9.17, 15) is 9.59 Å². The Bertz CT molecular complexity index is 1210. The van der Waals surface area contributed by atoms with Gasteiger partial charge in [-0.1, -0.05) is 17.3 Å². The number of rotatable bonds is 3. The molecule has 0 atom stereocenters. The molecule has 0 spiro atoms. The summed E-state index contributed by atoms with van der Waals surface area (Å²) in [4.78, 5) is 31.9. The molecule has 34 heavy (non-hydrogen) atoms. The first-order valence-corrected chi connectivity index (χ1v) is 11.7. The van der Waals surface area contributed by atoms with Crippen molar-refractivity contribution < 1.29 is 18.8 Å². The number of benzene rings is 1. The van der Waals surface area contributed by atoms with Crippen LogP contribution in [0.3, 0.4) is 0 Å². The molecule has 10 heteroatoms. The number of carbonyl (C=O) groups is 2. The molecule has 2 fully saturated rings. The molecule has 0 saturated carbocycles. The SMILES string of the molecule is CC(=O)N1CC(n2cc3ccc(-c4noc(C5CCN(C(=O)OC(C)(C)C)CC5)n4)cc3n2)C1. The molecule has 0 bridgehead atoms. The average Bonchev–Trinajstić information content (AvgIpc) is 3.38. The largest absolute Gasteiger partial charge is 0.444 e. The maximum atomic E-state index is 12.3. The van der Waals surface area contributed by atoms with Crippen LogP contribution in [0.5, 0.6) is 0 Å². The standard InChI is InChI=1S/C24H30N6O4/c1-15(31)29-13-19(14-29)30-12-18-6-5-17(11-20(18)26-30)21-25-22(34-27-21)16-7-9-28(10-8-16)23(32)33-24(2,3)4/h5-6,11-12,16,19H,7-10,13-14H2,1-4H3. The second kappa shape index (κ2) is 8.41. The first-order valence-electron chi connectivity index (χ1n) is 11.7. The van der Waals surface area contributed by atoms with E-state index in [0.717, 1.165) is 29.3 Å². The van der Waals surface area contributed by atoms with E-state index >= 15 is 0 Å². The van der Waals surface area contributed by atoms with E-state index in [1.54, 1.807) is 16.7 Å². The number of fused-ring (bicyclic) bond motifs is 1. The van der Waals surface area contributed by atoms with E-state index in [2.05, 4.69) is 10.1 Å². The van der Waals surface area contributed by atoms with Crippen LogP contribution < -0.4 is 0 Å². The average molecular weight is 467 g/mol. The third-order valence-corrected chi connectivity index (χ3v) is 6.40. The smallest absolute Gasteiger partial charge is 0.410 e. The normalized spacial score (nSPS) is 17.8. The molecule has 2 aromatic heterocycles. The maximum absolute atomic E-state index is 12.3. The van der Waals surface area contributed by atoms with Gasteiger partial charge in [0, 0.05) is 56.2 Å². The molecule has 1 aromatic carbocycles. The van der Waals surface area contributed by atoms with Gasteiger partial charge in [-0.15, -0.1) is 0 Å². The van der Waals surface area contributed by atoms with Crippen LogP contribution in [0.1, 0.15) is 58.4 Å². The zero-order valence-electron chi connectivity index (χ0n) is 20.0. The summed E-state index contributed by atoms with van der Waals surface area (Å²) >= 11 is 0. The van der Waals surface area contributed by atoms with Gasteiger partial charge in [-0.3, -0.25) is 9.48 Å². The van der Waals surface area contributed by atoms with E-state index in [-0.39, 0.29) is 24.0 Å². The summed E-state index contributed by atoms with van der Waals surface area (Å²) in [5.74, 6) is 1.35. The van der Waals surface area contributed by atoms with E-state index in [1.165, 1.54) is 0 Å². The minimum atomic E-state index is -0.501. The number of likely N-dealkylation sites (tertiary alicyclic amines) is 2. The number of piperidine rings is 1. The van der Waals surface area contributed by atoms with E-state index < -0.39 is 5.60 Å². The molecule has 10 nitrogen and oxygen atoms in total. The van der Waals surface area contributed by atoms with Crippen LogP contribution in [0.4, 0.5) is 4.79 Å². The molecule has 3 aromatic rings. The first kappa shape index (κ1) is 22.4. The van der Waals surface area contributed by atoms with Crippen molar-refractivity contribution in [3.63, 3.8) is 0 Å². The molecule has 5 rings (SSSR count). The molecule has 4 heterocycles. The van der Waals surface area contributed by atoms with Crippen molar-refractivity contribution >= 4 is 22.9 Å². The minimum Gasteiger partial charge on any atom is -0.444 e. The number of aromatic nitrogens is 4. The summed E-state index contributed by atoms with van der Waals surface area (Å²) < 4.78 is 13.0. The first-order chi connectivity index (χ1) is 16.2. The van der Waals surface area contributed by atoms with Gasteiger partial charge in [0.1, 0.15) is 5.60 Å². The van der Waals surface area contributed by atoms with Crippen LogP contribution in [0, 0.1) is 0 Å². The van der Waals surface area contributed by atoms with Crippen LogP contribution in [-0.2, 0) is 9.53 Å². The van der Waals surface area contributed by atoms with Crippen molar-refractivity contribution in [2.24, 2.45) is 0 Å². The van der Waals surface area contributed by atoms with Crippen LogP contribution in [-0.4, -0.2) is 73.5 Å². The lowest BCUT2D eigenvalue weighted by molar-refractivity contribution is -0.134. The topological polar surface area (TPSA) is 107 Å². The van der Waals surface area contributed by atoms with Crippen molar-refractivity contribution in [3.05, 3.63) is 30.3 Å². The summed E-state index contributed by atoms with van der Waals surface area (Å²) in [5, 5.41) is 9.93. The second-order valence-electron chi connectivity index (χ2n) is 10.2. The molecule has 180 valence electrons. The van der Waals surface area contributed by atoms with Gasteiger partial charge < -0.3 is 19.1 Å². The van der Waals surface area contributed by atoms with Gasteiger partial charge in [-0.05, 0) is 39.7 Å². The molecule has 2 saturated heterocycles. The summed E-state index contributed by atoms with van der Waals surface area (Å²) in [5.41, 5.74) is 1.20. The number of hydrogen-bond donors (Lipinski definition) is 0. The molecular formula is C24H30N6O4. The Balaban J connectivity index is 1.24. The van der Waals surface area contributed by atoms with Crippen LogP contribution >= 0.6 is 0 Å². The molecule has 0 aliphatic carbocycles. The predicted octanol–water partition coefficient (Wildman–Crippen LogP) is 3.60. The Labute approximate surface area is 197 Å². The van der Waals surface area contributed by atoms with Crippen LogP contribution in [0.15, 0.2) is 28.9 Å². The second-order valence-corrected chi connectivity index (χ2v) is 10.2. The Morgan fingerprint density at radius 1 is 1.12 bits per heavy atom. The highest BCUT2D eigenvalue weighted by Crippen LogP contribution is 2.30. The Morgan fingerprint density at radius 3 is 2.53 bits per heavy atom. The monoisotopic (exact) mass is 466 g/mol. The summed E-state index contributed by atoms with van der Waals surface area (Å²) in [6.07, 6.45) is 3.24. The van der Waals surface area contributed by atoms with Crippen molar-refractivity contribution in [2.75, 3.05) is 26.2 Å². The number of nitrogens with zero attached hydrogens (tertiary/aromatic N) is 6. The Hall–Kier alpha value is -3.43. The molecule has 0 unspecified atom stereocenters. The van der Waals surface area contributed by atoms with Gasteiger partial charge >= 0.3 is 6.09 Å². The van der Waals surface area contributed by atoms with Gasteiger partial charge in [-0.25, -0.2) is 4.79 Å². The summed E-state index contributed by atoms with van der Waals surface area (Å²) in [6, 6.07) is 6.15. The summed E-state index contributed by atoms with van der Waals surface area (Å²) in [7, 11) is 0. The molecule has 2 aliphatic heterocycles. The fourth-order valence-corrected chi connectivity index (χ4v) is 4.39. The van der Waals surface area contributed by atoms with E-state index in [0.29, 0.717) is 37.9 Å². The molecule has 0 radical (unpaired) electrons. The lowest BCUT2D eigenvalue weighted by Gasteiger charge is -2.38. The zero-order valence-corrected chi connectivity index (χ0v) is 20.0. The summed E-state index contributed by atoms with van der Waals surface area (Å²) in [6.45, 7) is 9.78. The Morgan fingerprint density at radius 2 is 1.85 bits per heavy atom. The number of carbonyl (C=O) groups excluding carboxylic acids is 2. The lowest BCUT2D eigenvalue weighted by atomic mass is 9.97. The number of hydrogen-bond acceptors (Lipinski definition) is 7. The van der Waals surface area contributed by atoms with Gasteiger partial charge in [0.25, 0.3) is 0 Å². The van der Waals surface area contributed by atoms with E-state index in [4.69, 9.17) is 14.4 Å². The highest BCUT2D eigenvalue weighted by molar-refractivity contribution is 5.82. The Kier molecular flexibility index (Phi) is 5.53. The number of amides is 2. The lowest BCUT2D eigenvalue weighted by Crippen LogP contribution is -2.49. The third-order valence-electron chi connectivity index (χ3n) is 6.40. The highest BCUT2D eigenvalue weighted by Gasteiger charge is 2.31. The molecule has 2 amide bonds.